The molecule has 84 heavy (non-hydrogen) atoms. The molecule has 0 spiro atoms. The first-order chi connectivity index (χ1) is 39.5. The summed E-state index contributed by atoms with van der Waals surface area (Å²) in [6, 6.07) is 8.64. The number of rotatable bonds is 24. The van der Waals surface area contributed by atoms with Gasteiger partial charge in [0.25, 0.3) is 11.8 Å². The van der Waals surface area contributed by atoms with E-state index in [-0.39, 0.29) is 102 Å². The Balaban J connectivity index is 1.11. The second kappa shape index (κ2) is 30.6. The van der Waals surface area contributed by atoms with Gasteiger partial charge in [0.15, 0.2) is 5.78 Å². The maximum Gasteiger partial charge on any atom is 0.333 e. The topological polar surface area (TPSA) is 301 Å². The van der Waals surface area contributed by atoms with Gasteiger partial charge in [-0.15, -0.1) is 5.06 Å². The quantitative estimate of drug-likeness (QED) is 0.0352. The molecule has 5 N–H and O–H groups in total. The van der Waals surface area contributed by atoms with E-state index >= 15 is 0 Å². The van der Waals surface area contributed by atoms with Crippen molar-refractivity contribution in [2.24, 2.45) is 28.6 Å². The number of benzene rings is 2. The Morgan fingerprint density at radius 3 is 2.13 bits per heavy atom. The second-order valence-electron chi connectivity index (χ2n) is 24.0. The summed E-state index contributed by atoms with van der Waals surface area (Å²) in [6.07, 6.45) is 1.45. The van der Waals surface area contributed by atoms with Crippen LogP contribution in [0.3, 0.4) is 0 Å². The van der Waals surface area contributed by atoms with Crippen LogP contribution in [0.15, 0.2) is 54.6 Å². The summed E-state index contributed by atoms with van der Waals surface area (Å²) >= 11 is 6.41. The van der Waals surface area contributed by atoms with E-state index in [2.05, 4.69) is 26.6 Å². The molecule has 2 aromatic carbocycles. The van der Waals surface area contributed by atoms with E-state index in [1.807, 2.05) is 52.0 Å². The number of Topliss-reactive ketones (excluding diaryl/α,β-unsaturated/α-hetero) is 1. The number of cyclic esters (lactones) is 1. The van der Waals surface area contributed by atoms with E-state index < -0.39 is 118 Å². The SMILES string of the molecule is COc1ccc(C[C@H]2NC(=O)/C=C/C[C@@H]([C@H](C)[C@H]3O[C@@H]3c3ccc(COC(=O)CCCNC(=O)[C@H](C)CC(=O)[C@@H](NC(=O)CCCC(=O)ON4C(=O)CCC4=O)C(C)C)cc3)OC(=O)[C@H](CC(C)(C)C)NC(=O)C(C)(C)[C@H](C)NC2=O)cc1Cl. The van der Waals surface area contributed by atoms with E-state index in [0.29, 0.717) is 27.0 Å². The number of hydroxylamine groups is 2. The zero-order valence-corrected chi connectivity index (χ0v) is 50.8. The van der Waals surface area contributed by atoms with Gasteiger partial charge in [-0.1, -0.05) is 96.5 Å². The number of amides is 7. The normalized spacial score (nSPS) is 22.8. The number of carbonyl (C=O) groups excluding carboxylic acids is 11. The number of methoxy groups -OCH3 is 1. The summed E-state index contributed by atoms with van der Waals surface area (Å²) in [5, 5.41) is 14.8. The summed E-state index contributed by atoms with van der Waals surface area (Å²) < 4.78 is 23.2. The van der Waals surface area contributed by atoms with Crippen LogP contribution in [-0.2, 0) is 84.8 Å². The van der Waals surface area contributed by atoms with Crippen molar-refractivity contribution in [3.05, 3.63) is 76.3 Å². The zero-order chi connectivity index (χ0) is 62.2. The molecular weight excluding hydrogens is 1110 g/mol. The van der Waals surface area contributed by atoms with Gasteiger partial charge < -0.3 is 50.4 Å². The number of imide groups is 1. The number of nitrogens with one attached hydrogen (secondary N) is 5. The van der Waals surface area contributed by atoms with Crippen molar-refractivity contribution in [3.63, 3.8) is 0 Å². The molecule has 3 heterocycles. The molecule has 0 saturated carbocycles. The lowest BCUT2D eigenvalue weighted by atomic mass is 9.82. The molecule has 460 valence electrons. The Bertz CT molecular complexity index is 2760. The summed E-state index contributed by atoms with van der Waals surface area (Å²) in [5.41, 5.74) is 0.551. The lowest BCUT2D eigenvalue weighted by Crippen LogP contribution is -2.58. The first-order valence-corrected chi connectivity index (χ1v) is 29.0. The van der Waals surface area contributed by atoms with Crippen LogP contribution in [0.25, 0.3) is 0 Å². The minimum atomic E-state index is -1.23. The van der Waals surface area contributed by atoms with Crippen LogP contribution in [0.1, 0.15) is 156 Å². The second-order valence-corrected chi connectivity index (χ2v) is 24.4. The maximum absolute atomic E-state index is 14.2. The highest BCUT2D eigenvalue weighted by Crippen LogP contribution is 2.45. The maximum atomic E-state index is 14.2. The van der Waals surface area contributed by atoms with Crippen molar-refractivity contribution in [2.75, 3.05) is 13.7 Å². The largest absolute Gasteiger partial charge is 0.495 e. The van der Waals surface area contributed by atoms with Crippen LogP contribution in [0, 0.1) is 28.6 Å². The Morgan fingerprint density at radius 1 is 0.845 bits per heavy atom. The highest BCUT2D eigenvalue weighted by Gasteiger charge is 2.48. The molecule has 2 fully saturated rings. The Labute approximate surface area is 496 Å². The summed E-state index contributed by atoms with van der Waals surface area (Å²) in [6.45, 7) is 17.9. The Hall–Kier alpha value is -7.20. The monoisotopic (exact) mass is 1190 g/mol. The van der Waals surface area contributed by atoms with Gasteiger partial charge in [-0.2, -0.15) is 0 Å². The molecule has 22 nitrogen and oxygen atoms in total. The highest BCUT2D eigenvalue weighted by molar-refractivity contribution is 6.32. The van der Waals surface area contributed by atoms with Crippen molar-refractivity contribution in [2.45, 2.75) is 189 Å². The van der Waals surface area contributed by atoms with E-state index in [1.54, 1.807) is 65.8 Å². The number of esters is 2. The number of nitrogens with zero attached hydrogens (tertiary/aromatic N) is 1. The van der Waals surface area contributed by atoms with Gasteiger partial charge >= 0.3 is 17.9 Å². The molecule has 5 rings (SSSR count). The number of ether oxygens (including phenoxy) is 4. The molecular formula is C61H83ClN6O16. The van der Waals surface area contributed by atoms with Crippen LogP contribution >= 0.6 is 11.6 Å². The average Bonchev–Trinajstić information content (AvgIpc) is 4.07. The number of carbonyl (C=O) groups is 11. The molecule has 0 unspecified atom stereocenters. The fraction of sp³-hybridized carbons (Fsp3) is 0.590. The fourth-order valence-electron chi connectivity index (χ4n) is 9.50. The smallest absolute Gasteiger partial charge is 0.333 e. The van der Waals surface area contributed by atoms with Gasteiger partial charge in [0.05, 0.1) is 29.7 Å². The third-order valence-corrected chi connectivity index (χ3v) is 15.4. The molecule has 0 radical (unpaired) electrons. The first-order valence-electron chi connectivity index (χ1n) is 28.6. The van der Waals surface area contributed by atoms with Gasteiger partial charge in [-0.05, 0) is 86.3 Å². The molecule has 2 saturated heterocycles. The van der Waals surface area contributed by atoms with Crippen LogP contribution in [0.4, 0.5) is 0 Å². The van der Waals surface area contributed by atoms with Crippen LogP contribution in [-0.4, -0.2) is 120 Å². The zero-order valence-electron chi connectivity index (χ0n) is 50.0. The van der Waals surface area contributed by atoms with Crippen LogP contribution < -0.4 is 31.3 Å². The lowest BCUT2D eigenvalue weighted by Gasteiger charge is -2.35. The predicted molar refractivity (Wildman–Crippen MR) is 307 cm³/mol. The number of halogens is 1. The number of hydrogen-bond donors (Lipinski definition) is 5. The van der Waals surface area contributed by atoms with E-state index in [9.17, 15) is 52.7 Å². The number of ketones is 1. The summed E-state index contributed by atoms with van der Waals surface area (Å²) in [5.74, 6) is -7.01. The molecule has 2 aromatic rings. The lowest BCUT2D eigenvalue weighted by molar-refractivity contribution is -0.197. The summed E-state index contributed by atoms with van der Waals surface area (Å²) in [7, 11) is 1.49. The Kier molecular flexibility index (Phi) is 24.6. The van der Waals surface area contributed by atoms with E-state index in [4.69, 9.17) is 35.4 Å². The van der Waals surface area contributed by atoms with Crippen molar-refractivity contribution in [1.29, 1.82) is 0 Å². The predicted octanol–water partition coefficient (Wildman–Crippen LogP) is 5.93. The Morgan fingerprint density at radius 2 is 1.50 bits per heavy atom. The minimum Gasteiger partial charge on any atom is -0.495 e. The molecule has 23 heteroatoms. The van der Waals surface area contributed by atoms with Crippen LogP contribution in [0.2, 0.25) is 5.02 Å². The third-order valence-electron chi connectivity index (χ3n) is 15.1. The third kappa shape index (κ3) is 20.3. The molecule has 0 aromatic heterocycles. The molecule has 0 aliphatic carbocycles. The van der Waals surface area contributed by atoms with E-state index in [1.165, 1.54) is 13.2 Å². The highest BCUT2D eigenvalue weighted by atomic mass is 35.5. The van der Waals surface area contributed by atoms with Crippen molar-refractivity contribution in [3.8, 4) is 5.75 Å². The number of epoxide rings is 1. The van der Waals surface area contributed by atoms with Gasteiger partial charge in [0.1, 0.15) is 36.6 Å². The molecule has 3 aliphatic rings. The molecule has 7 amide bonds. The molecule has 3 aliphatic heterocycles. The first kappa shape index (κ1) is 67.6. The van der Waals surface area contributed by atoms with Crippen molar-refractivity contribution in [1.82, 2.24) is 31.6 Å². The van der Waals surface area contributed by atoms with E-state index in [0.717, 1.165) is 5.56 Å². The molecule has 0 bridgehead atoms. The van der Waals surface area contributed by atoms with Gasteiger partial charge in [0.2, 0.25) is 29.5 Å². The summed E-state index contributed by atoms with van der Waals surface area (Å²) in [4.78, 5) is 148. The van der Waals surface area contributed by atoms with Gasteiger partial charge in [0, 0.05) is 75.8 Å². The molecule has 9 atom stereocenters. The van der Waals surface area contributed by atoms with Gasteiger partial charge in [-0.3, -0.25) is 43.2 Å². The van der Waals surface area contributed by atoms with Crippen molar-refractivity contribution < 1.29 is 76.5 Å². The average molecular weight is 1190 g/mol. The fourth-order valence-corrected chi connectivity index (χ4v) is 9.78. The van der Waals surface area contributed by atoms with Crippen LogP contribution in [0.5, 0.6) is 5.75 Å². The standard InChI is InChI=1S/C61H83ClN6O16/c1-34(2)53(67-48(71)17-13-18-52(75)84-68-49(72)26-27-50(68)73)44(69)29-35(3)56(76)63-28-14-19-51(74)81-33-38-20-23-40(24-21-38)55-54(83-55)36(4)45-15-12-16-47(70)65-42(31-39-22-25-46(80-11)41(62)30-39)57(77)64-37(5)61(9,10)59(79)66-43(58(78)82-45)32-60(6,7)8/h12,16,20-25,30,34-37,42-43,45,53-55H,13-15,17-19,26-29,31-33H2,1-11H3,(H,63,76)(H,64,77)(H,65,70)(H,66,79)(H,67,71)/b16-12+/t35-,36+,37+,42-,43+,45+,53+,54-,55-/m1/s1. The number of hydrogen-bond acceptors (Lipinski definition) is 16. The van der Waals surface area contributed by atoms with Gasteiger partial charge in [-0.25, -0.2) is 9.59 Å². The minimum absolute atomic E-state index is 0.0128. The van der Waals surface area contributed by atoms with Crippen molar-refractivity contribution >= 4 is 76.6 Å².